The summed E-state index contributed by atoms with van der Waals surface area (Å²) < 4.78 is 0.911. The molecule has 2 aromatic carbocycles. The topological polar surface area (TPSA) is 51.8 Å². The average molecular weight is 361 g/mol. The second-order valence-corrected chi connectivity index (χ2v) is 5.81. The number of hydrogen-bond acceptors (Lipinski definition) is 3. The highest BCUT2D eigenvalue weighted by molar-refractivity contribution is 9.10. The van der Waals surface area contributed by atoms with E-state index in [1.807, 2.05) is 42.5 Å². The van der Waals surface area contributed by atoms with Crippen LogP contribution >= 0.6 is 27.5 Å². The minimum absolute atomic E-state index is 0.412. The van der Waals surface area contributed by atoms with Gasteiger partial charge in [0.15, 0.2) is 5.82 Å². The van der Waals surface area contributed by atoms with Crippen molar-refractivity contribution in [3.8, 4) is 22.6 Å². The number of nitrogens with two attached hydrogens (primary N) is 1. The number of nitrogen functional groups attached to an aromatic ring is 1. The molecule has 3 rings (SSSR count). The van der Waals surface area contributed by atoms with Gasteiger partial charge in [0.25, 0.3) is 0 Å². The first-order chi connectivity index (χ1) is 10.1. The summed E-state index contributed by atoms with van der Waals surface area (Å²) >= 11 is 9.67. The lowest BCUT2D eigenvalue weighted by Gasteiger charge is -2.08. The Labute approximate surface area is 135 Å². The maximum Gasteiger partial charge on any atom is 0.163 e. The van der Waals surface area contributed by atoms with Crippen molar-refractivity contribution >= 4 is 33.3 Å². The minimum atomic E-state index is 0.412. The van der Waals surface area contributed by atoms with Gasteiger partial charge in [-0.2, -0.15) is 0 Å². The molecular weight excluding hydrogens is 350 g/mol. The standard InChI is InChI=1S/C16H11BrClN3/c17-11-6-7-13(18)12(8-11)16-20-14(9-15(19)21-16)10-4-2-1-3-5-10/h1-9H,(H2,19,20,21). The lowest BCUT2D eigenvalue weighted by molar-refractivity contribution is 1.19. The van der Waals surface area contributed by atoms with E-state index in [1.54, 1.807) is 12.1 Å². The lowest BCUT2D eigenvalue weighted by Crippen LogP contribution is -1.98. The first kappa shape index (κ1) is 14.0. The molecule has 104 valence electrons. The molecule has 0 unspecified atom stereocenters. The van der Waals surface area contributed by atoms with Gasteiger partial charge in [-0.3, -0.25) is 0 Å². The Morgan fingerprint density at radius 2 is 1.71 bits per heavy atom. The van der Waals surface area contributed by atoms with Crippen molar-refractivity contribution in [2.75, 3.05) is 5.73 Å². The summed E-state index contributed by atoms with van der Waals surface area (Å²) in [6.45, 7) is 0. The van der Waals surface area contributed by atoms with Crippen LogP contribution in [0.4, 0.5) is 5.82 Å². The van der Waals surface area contributed by atoms with Gasteiger partial charge in [-0.25, -0.2) is 9.97 Å². The van der Waals surface area contributed by atoms with E-state index in [0.717, 1.165) is 21.3 Å². The van der Waals surface area contributed by atoms with Gasteiger partial charge in [0.2, 0.25) is 0 Å². The molecule has 3 nitrogen and oxygen atoms in total. The summed E-state index contributed by atoms with van der Waals surface area (Å²) in [5.41, 5.74) is 8.42. The summed E-state index contributed by atoms with van der Waals surface area (Å²) in [6, 6.07) is 17.1. The fourth-order valence-corrected chi connectivity index (χ4v) is 2.58. The largest absolute Gasteiger partial charge is 0.384 e. The maximum absolute atomic E-state index is 6.24. The highest BCUT2D eigenvalue weighted by atomic mass is 79.9. The third kappa shape index (κ3) is 3.06. The summed E-state index contributed by atoms with van der Waals surface area (Å²) in [5, 5.41) is 0.586. The smallest absolute Gasteiger partial charge is 0.163 e. The molecule has 5 heteroatoms. The van der Waals surface area contributed by atoms with E-state index in [9.17, 15) is 0 Å². The molecule has 0 aliphatic rings. The Balaban J connectivity index is 2.16. The molecular formula is C16H11BrClN3. The van der Waals surface area contributed by atoms with E-state index < -0.39 is 0 Å². The molecule has 0 spiro atoms. The Kier molecular flexibility index (Phi) is 3.90. The lowest BCUT2D eigenvalue weighted by atomic mass is 10.1. The van der Waals surface area contributed by atoms with Crippen molar-refractivity contribution in [3.05, 3.63) is 64.1 Å². The molecule has 0 radical (unpaired) electrons. The molecule has 2 N–H and O–H groups in total. The van der Waals surface area contributed by atoms with E-state index >= 15 is 0 Å². The number of benzene rings is 2. The SMILES string of the molecule is Nc1cc(-c2ccccc2)nc(-c2cc(Br)ccc2Cl)n1. The second-order valence-electron chi connectivity index (χ2n) is 4.49. The number of aromatic nitrogens is 2. The van der Waals surface area contributed by atoms with Gasteiger partial charge >= 0.3 is 0 Å². The molecule has 0 bridgehead atoms. The van der Waals surface area contributed by atoms with Crippen LogP contribution in [-0.2, 0) is 0 Å². The number of rotatable bonds is 2. The summed E-state index contributed by atoms with van der Waals surface area (Å²) in [7, 11) is 0. The first-order valence-electron chi connectivity index (χ1n) is 6.29. The Morgan fingerprint density at radius 1 is 0.952 bits per heavy atom. The van der Waals surface area contributed by atoms with Crippen LogP contribution < -0.4 is 5.73 Å². The van der Waals surface area contributed by atoms with E-state index in [1.165, 1.54) is 0 Å². The van der Waals surface area contributed by atoms with E-state index in [2.05, 4.69) is 25.9 Å². The normalized spacial score (nSPS) is 10.6. The molecule has 0 atom stereocenters. The van der Waals surface area contributed by atoms with Crippen LogP contribution in [0.2, 0.25) is 5.02 Å². The molecule has 3 aromatic rings. The predicted octanol–water partition coefficient (Wildman–Crippen LogP) is 4.81. The van der Waals surface area contributed by atoms with Crippen LogP contribution in [0.3, 0.4) is 0 Å². The van der Waals surface area contributed by atoms with Crippen LogP contribution in [0.1, 0.15) is 0 Å². The third-order valence-electron chi connectivity index (χ3n) is 2.98. The molecule has 1 aromatic heterocycles. The van der Waals surface area contributed by atoms with E-state index in [0.29, 0.717) is 16.7 Å². The van der Waals surface area contributed by atoms with Crippen molar-refractivity contribution in [3.63, 3.8) is 0 Å². The zero-order valence-corrected chi connectivity index (χ0v) is 13.3. The zero-order valence-electron chi connectivity index (χ0n) is 10.9. The maximum atomic E-state index is 6.24. The molecule has 0 aliphatic carbocycles. The second kappa shape index (κ2) is 5.84. The Morgan fingerprint density at radius 3 is 2.48 bits per heavy atom. The van der Waals surface area contributed by atoms with Crippen LogP contribution in [0.5, 0.6) is 0 Å². The highest BCUT2D eigenvalue weighted by Gasteiger charge is 2.11. The molecule has 0 aliphatic heterocycles. The van der Waals surface area contributed by atoms with Gasteiger partial charge in [0, 0.05) is 21.7 Å². The third-order valence-corrected chi connectivity index (χ3v) is 3.81. The van der Waals surface area contributed by atoms with Gasteiger partial charge in [-0.05, 0) is 18.2 Å². The van der Waals surface area contributed by atoms with Gasteiger partial charge < -0.3 is 5.73 Å². The summed E-state index contributed by atoms with van der Waals surface area (Å²) in [4.78, 5) is 8.87. The van der Waals surface area contributed by atoms with Crippen molar-refractivity contribution in [2.24, 2.45) is 0 Å². The van der Waals surface area contributed by atoms with Gasteiger partial charge in [-0.15, -0.1) is 0 Å². The minimum Gasteiger partial charge on any atom is -0.384 e. The number of anilines is 1. The Bertz CT molecular complexity index is 791. The van der Waals surface area contributed by atoms with Crippen molar-refractivity contribution in [1.29, 1.82) is 0 Å². The monoisotopic (exact) mass is 359 g/mol. The molecule has 0 saturated heterocycles. The van der Waals surface area contributed by atoms with Crippen LogP contribution in [-0.4, -0.2) is 9.97 Å². The number of halogens is 2. The molecule has 21 heavy (non-hydrogen) atoms. The molecule has 0 amide bonds. The first-order valence-corrected chi connectivity index (χ1v) is 7.46. The average Bonchev–Trinajstić information content (AvgIpc) is 2.50. The van der Waals surface area contributed by atoms with E-state index in [4.69, 9.17) is 17.3 Å². The number of hydrogen-bond donors (Lipinski definition) is 1. The van der Waals surface area contributed by atoms with Gasteiger partial charge in [-0.1, -0.05) is 57.9 Å². The summed E-state index contributed by atoms with van der Waals surface area (Å²) in [6.07, 6.45) is 0. The van der Waals surface area contributed by atoms with Gasteiger partial charge in [0.05, 0.1) is 10.7 Å². The van der Waals surface area contributed by atoms with Gasteiger partial charge in [0.1, 0.15) is 5.82 Å². The quantitative estimate of drug-likeness (QED) is 0.713. The molecule has 0 fully saturated rings. The number of nitrogens with zero attached hydrogens (tertiary/aromatic N) is 2. The fourth-order valence-electron chi connectivity index (χ4n) is 2.01. The Hall–Kier alpha value is -1.91. The van der Waals surface area contributed by atoms with Crippen LogP contribution in [0.25, 0.3) is 22.6 Å². The van der Waals surface area contributed by atoms with Crippen LogP contribution in [0, 0.1) is 0 Å². The van der Waals surface area contributed by atoms with E-state index in [-0.39, 0.29) is 0 Å². The van der Waals surface area contributed by atoms with Crippen molar-refractivity contribution < 1.29 is 0 Å². The van der Waals surface area contributed by atoms with Crippen molar-refractivity contribution in [2.45, 2.75) is 0 Å². The molecule has 0 saturated carbocycles. The fraction of sp³-hybridized carbons (Fsp3) is 0. The summed E-state index contributed by atoms with van der Waals surface area (Å²) in [5.74, 6) is 0.926. The molecule has 1 heterocycles. The highest BCUT2D eigenvalue weighted by Crippen LogP contribution is 2.30. The van der Waals surface area contributed by atoms with Crippen LogP contribution in [0.15, 0.2) is 59.1 Å². The van der Waals surface area contributed by atoms with Crippen molar-refractivity contribution in [1.82, 2.24) is 9.97 Å². The zero-order chi connectivity index (χ0) is 14.8. The predicted molar refractivity (Wildman–Crippen MR) is 90.0 cm³/mol.